The van der Waals surface area contributed by atoms with Gasteiger partial charge in [0.1, 0.15) is 0 Å². The van der Waals surface area contributed by atoms with Crippen molar-refractivity contribution in [2.75, 3.05) is 6.61 Å². The van der Waals surface area contributed by atoms with Gasteiger partial charge in [0.25, 0.3) is 10.1 Å². The van der Waals surface area contributed by atoms with Crippen LogP contribution in [0.1, 0.15) is 13.8 Å². The first-order valence-electron chi connectivity index (χ1n) is 4.57. The van der Waals surface area contributed by atoms with E-state index in [1.165, 1.54) is 6.07 Å². The first-order valence-corrected chi connectivity index (χ1v) is 7.05. The largest absolute Gasteiger partial charge is 0.297 e. The van der Waals surface area contributed by atoms with Crippen LogP contribution in [-0.2, 0) is 14.3 Å². The predicted octanol–water partition coefficient (Wildman–Crippen LogP) is 2.65. The fraction of sp³-hybridized carbons (Fsp3) is 0.400. The van der Waals surface area contributed by atoms with Gasteiger partial charge in [-0.2, -0.15) is 8.42 Å². The first kappa shape index (κ1) is 12.9. The lowest BCUT2D eigenvalue weighted by Crippen LogP contribution is -2.11. The summed E-state index contributed by atoms with van der Waals surface area (Å²) in [4.78, 5) is 0.218. The van der Waals surface area contributed by atoms with Gasteiger partial charge in [0.15, 0.2) is 0 Å². The fourth-order valence-electron chi connectivity index (χ4n) is 0.916. The Kier molecular flexibility index (Phi) is 4.54. The molecule has 1 rings (SSSR count). The second-order valence-electron chi connectivity index (χ2n) is 3.59. The molecule has 0 amide bonds. The van der Waals surface area contributed by atoms with E-state index in [9.17, 15) is 8.42 Å². The van der Waals surface area contributed by atoms with Crippen molar-refractivity contribution in [3.63, 3.8) is 0 Å². The quantitative estimate of drug-likeness (QED) is 0.625. The molecule has 0 aliphatic carbocycles. The molecule has 0 N–H and O–H groups in total. The molecule has 3 nitrogen and oxygen atoms in total. The third-order valence-corrected chi connectivity index (χ3v) is 3.59. The van der Waals surface area contributed by atoms with Crippen molar-refractivity contribution in [3.05, 3.63) is 27.8 Å². The average Bonchev–Trinajstić information content (AvgIpc) is 2.15. The van der Waals surface area contributed by atoms with Gasteiger partial charge in [0, 0.05) is 3.57 Å². The zero-order valence-corrected chi connectivity index (χ0v) is 11.6. The van der Waals surface area contributed by atoms with E-state index in [-0.39, 0.29) is 17.4 Å². The van der Waals surface area contributed by atoms with Gasteiger partial charge in [-0.05, 0) is 46.7 Å². The zero-order chi connectivity index (χ0) is 11.5. The molecule has 15 heavy (non-hydrogen) atoms. The first-order chi connectivity index (χ1) is 6.92. The van der Waals surface area contributed by atoms with Crippen LogP contribution in [-0.4, -0.2) is 15.0 Å². The summed E-state index contributed by atoms with van der Waals surface area (Å²) in [7, 11) is -3.58. The summed E-state index contributed by atoms with van der Waals surface area (Å²) in [5.41, 5.74) is 0. The smallest absolute Gasteiger partial charge is 0.266 e. The summed E-state index contributed by atoms with van der Waals surface area (Å²) in [6.07, 6.45) is 0. The van der Waals surface area contributed by atoms with Crippen LogP contribution in [0.3, 0.4) is 0 Å². The Morgan fingerprint density at radius 2 is 2.07 bits per heavy atom. The highest BCUT2D eigenvalue weighted by molar-refractivity contribution is 14.1. The van der Waals surface area contributed by atoms with Gasteiger partial charge in [-0.3, -0.25) is 4.18 Å². The van der Waals surface area contributed by atoms with Gasteiger partial charge in [-0.15, -0.1) is 0 Å². The molecule has 0 saturated carbocycles. The topological polar surface area (TPSA) is 43.4 Å². The molecular formula is C10H13IO3S. The van der Waals surface area contributed by atoms with Crippen LogP contribution < -0.4 is 0 Å². The normalized spacial score (nSPS) is 12.0. The van der Waals surface area contributed by atoms with Crippen LogP contribution in [0.25, 0.3) is 0 Å². The Bertz CT molecular complexity index is 426. The van der Waals surface area contributed by atoms with E-state index in [2.05, 4.69) is 22.6 Å². The molecule has 0 fully saturated rings. The second kappa shape index (κ2) is 5.27. The maximum atomic E-state index is 11.7. The van der Waals surface area contributed by atoms with Crippen molar-refractivity contribution in [2.45, 2.75) is 18.7 Å². The monoisotopic (exact) mass is 340 g/mol. The van der Waals surface area contributed by atoms with Crippen LogP contribution in [0.15, 0.2) is 29.2 Å². The molecule has 1 aromatic rings. The molecule has 0 unspecified atom stereocenters. The third-order valence-electron chi connectivity index (χ3n) is 1.64. The van der Waals surface area contributed by atoms with Crippen molar-refractivity contribution in [1.29, 1.82) is 0 Å². The Morgan fingerprint density at radius 3 is 2.60 bits per heavy atom. The van der Waals surface area contributed by atoms with Gasteiger partial charge in [-0.25, -0.2) is 0 Å². The SMILES string of the molecule is CC(C)COS(=O)(=O)c1cccc(I)c1. The molecule has 0 aromatic heterocycles. The highest BCUT2D eigenvalue weighted by Gasteiger charge is 2.15. The molecule has 5 heteroatoms. The van der Waals surface area contributed by atoms with Crippen molar-refractivity contribution >= 4 is 32.7 Å². The molecule has 0 spiro atoms. The molecule has 0 radical (unpaired) electrons. The summed E-state index contributed by atoms with van der Waals surface area (Å²) in [6.45, 7) is 4.03. The Morgan fingerprint density at radius 1 is 1.40 bits per heavy atom. The summed E-state index contributed by atoms with van der Waals surface area (Å²) in [6, 6.07) is 6.67. The fourth-order valence-corrected chi connectivity index (χ4v) is 2.77. The minimum absolute atomic E-state index is 0.197. The number of benzene rings is 1. The van der Waals surface area contributed by atoms with E-state index in [1.807, 2.05) is 19.9 Å². The van der Waals surface area contributed by atoms with E-state index in [0.717, 1.165) is 3.57 Å². The average molecular weight is 340 g/mol. The lowest BCUT2D eigenvalue weighted by Gasteiger charge is -2.07. The van der Waals surface area contributed by atoms with E-state index in [0.29, 0.717) is 0 Å². The van der Waals surface area contributed by atoms with Gasteiger partial charge < -0.3 is 0 Å². The van der Waals surface area contributed by atoms with E-state index in [1.54, 1.807) is 12.1 Å². The highest BCUT2D eigenvalue weighted by Crippen LogP contribution is 2.16. The molecule has 0 aliphatic heterocycles. The maximum Gasteiger partial charge on any atom is 0.297 e. The van der Waals surface area contributed by atoms with Gasteiger partial charge in [0.2, 0.25) is 0 Å². The minimum atomic E-state index is -3.58. The van der Waals surface area contributed by atoms with Gasteiger partial charge >= 0.3 is 0 Å². The number of halogens is 1. The molecule has 1 aromatic carbocycles. The number of hydrogen-bond acceptors (Lipinski definition) is 3. The number of hydrogen-bond donors (Lipinski definition) is 0. The van der Waals surface area contributed by atoms with E-state index < -0.39 is 10.1 Å². The standard InChI is InChI=1S/C10H13IO3S/c1-8(2)7-14-15(12,13)10-5-3-4-9(11)6-10/h3-6,8H,7H2,1-2H3. The molecular weight excluding hydrogens is 327 g/mol. The summed E-state index contributed by atoms with van der Waals surface area (Å²) in [5.74, 6) is 0.197. The molecule has 0 saturated heterocycles. The minimum Gasteiger partial charge on any atom is -0.266 e. The van der Waals surface area contributed by atoms with Crippen LogP contribution in [0, 0.1) is 9.49 Å². The maximum absolute atomic E-state index is 11.7. The Balaban J connectivity index is 2.87. The zero-order valence-electron chi connectivity index (χ0n) is 8.60. The third kappa shape index (κ3) is 4.08. The van der Waals surface area contributed by atoms with Gasteiger partial charge in [0.05, 0.1) is 11.5 Å². The molecule has 0 heterocycles. The summed E-state index contributed by atoms with van der Waals surface area (Å²) >= 11 is 2.07. The highest BCUT2D eigenvalue weighted by atomic mass is 127. The molecule has 0 bridgehead atoms. The molecule has 0 atom stereocenters. The van der Waals surface area contributed by atoms with Crippen molar-refractivity contribution < 1.29 is 12.6 Å². The second-order valence-corrected chi connectivity index (χ2v) is 6.45. The van der Waals surface area contributed by atoms with E-state index >= 15 is 0 Å². The Hall–Kier alpha value is -0.140. The van der Waals surface area contributed by atoms with Crippen LogP contribution in [0.2, 0.25) is 0 Å². The van der Waals surface area contributed by atoms with Crippen molar-refractivity contribution in [3.8, 4) is 0 Å². The van der Waals surface area contributed by atoms with Crippen LogP contribution in [0.4, 0.5) is 0 Å². The van der Waals surface area contributed by atoms with Crippen LogP contribution >= 0.6 is 22.6 Å². The lowest BCUT2D eigenvalue weighted by molar-refractivity contribution is 0.275. The van der Waals surface area contributed by atoms with Gasteiger partial charge in [-0.1, -0.05) is 19.9 Å². The number of rotatable bonds is 4. The molecule has 84 valence electrons. The van der Waals surface area contributed by atoms with E-state index in [4.69, 9.17) is 4.18 Å². The summed E-state index contributed by atoms with van der Waals surface area (Å²) in [5, 5.41) is 0. The summed E-state index contributed by atoms with van der Waals surface area (Å²) < 4.78 is 29.1. The predicted molar refractivity (Wildman–Crippen MR) is 67.1 cm³/mol. The lowest BCUT2D eigenvalue weighted by atomic mass is 10.2. The Labute approximate surface area is 104 Å². The van der Waals surface area contributed by atoms with Crippen molar-refractivity contribution in [1.82, 2.24) is 0 Å². The molecule has 0 aliphatic rings. The van der Waals surface area contributed by atoms with Crippen LogP contribution in [0.5, 0.6) is 0 Å². The van der Waals surface area contributed by atoms with Crippen molar-refractivity contribution in [2.24, 2.45) is 5.92 Å².